The topological polar surface area (TPSA) is 59.3 Å². The zero-order valence-electron chi connectivity index (χ0n) is 18.3. The first-order valence-corrected chi connectivity index (χ1v) is 10.9. The Hall–Kier alpha value is -2.15. The lowest BCUT2D eigenvalue weighted by Gasteiger charge is -2.36. The Bertz CT molecular complexity index is 815. The maximum Gasteiger partial charge on any atom is 0.232 e. The molecule has 0 aromatic carbocycles. The number of aromatic nitrogens is 4. The zero-order valence-corrected chi connectivity index (χ0v) is 18.3. The Morgan fingerprint density at radius 1 is 1.10 bits per heavy atom. The van der Waals surface area contributed by atoms with Crippen LogP contribution in [0.3, 0.4) is 0 Å². The molecule has 7 nitrogen and oxygen atoms in total. The summed E-state index contributed by atoms with van der Waals surface area (Å²) in [4.78, 5) is 14.8. The molecular weight excluding hydrogens is 364 g/mol. The molecule has 0 radical (unpaired) electrons. The predicted octanol–water partition coefficient (Wildman–Crippen LogP) is 2.98. The van der Waals surface area contributed by atoms with Crippen LogP contribution in [0.5, 0.6) is 5.88 Å². The van der Waals surface area contributed by atoms with Gasteiger partial charge >= 0.3 is 0 Å². The normalized spacial score (nSPS) is 18.3. The molecular formula is C22H34N6O. The predicted molar refractivity (Wildman–Crippen MR) is 115 cm³/mol. The molecule has 0 unspecified atom stereocenters. The first-order valence-electron chi connectivity index (χ1n) is 10.9. The van der Waals surface area contributed by atoms with E-state index in [-0.39, 0.29) is 5.41 Å². The quantitative estimate of drug-likeness (QED) is 0.669. The van der Waals surface area contributed by atoms with E-state index in [4.69, 9.17) is 14.7 Å². The molecule has 2 aromatic heterocycles. The van der Waals surface area contributed by atoms with Crippen LogP contribution in [0.25, 0.3) is 0 Å². The highest BCUT2D eigenvalue weighted by atomic mass is 16.5. The molecule has 2 fully saturated rings. The fourth-order valence-electron chi connectivity index (χ4n) is 3.67. The third-order valence-corrected chi connectivity index (χ3v) is 5.65. The second-order valence-corrected chi connectivity index (χ2v) is 9.36. The third-order valence-electron chi connectivity index (χ3n) is 5.65. The number of anilines is 1. The SMILES string of the molecule is Cn1ccc(OCCCN2CCN(c3cc(C4CC4)nc(C(C)(C)C)n3)CC2)n1. The first-order chi connectivity index (χ1) is 13.9. The maximum absolute atomic E-state index is 5.71. The van der Waals surface area contributed by atoms with Crippen LogP contribution in [0.4, 0.5) is 5.82 Å². The van der Waals surface area contributed by atoms with Crippen LogP contribution in [0.2, 0.25) is 0 Å². The van der Waals surface area contributed by atoms with Gasteiger partial charge < -0.3 is 9.64 Å². The van der Waals surface area contributed by atoms with E-state index in [9.17, 15) is 0 Å². The molecule has 7 heteroatoms. The van der Waals surface area contributed by atoms with Crippen molar-refractivity contribution in [3.63, 3.8) is 0 Å². The Kier molecular flexibility index (Phi) is 5.76. The molecule has 0 atom stereocenters. The molecule has 4 rings (SSSR count). The van der Waals surface area contributed by atoms with E-state index < -0.39 is 0 Å². The minimum atomic E-state index is -0.0188. The number of hydrogen-bond donors (Lipinski definition) is 0. The van der Waals surface area contributed by atoms with E-state index in [0.717, 1.165) is 50.8 Å². The zero-order chi connectivity index (χ0) is 20.4. The molecule has 3 heterocycles. The minimum absolute atomic E-state index is 0.0188. The summed E-state index contributed by atoms with van der Waals surface area (Å²) in [6.45, 7) is 12.6. The van der Waals surface area contributed by atoms with Crippen molar-refractivity contribution in [3.8, 4) is 5.88 Å². The molecule has 0 amide bonds. The molecule has 158 valence electrons. The summed E-state index contributed by atoms with van der Waals surface area (Å²) >= 11 is 0. The summed E-state index contributed by atoms with van der Waals surface area (Å²) in [5, 5.41) is 4.25. The van der Waals surface area contributed by atoms with Crippen LogP contribution in [0.1, 0.15) is 57.5 Å². The van der Waals surface area contributed by atoms with Gasteiger partial charge in [-0.3, -0.25) is 9.58 Å². The van der Waals surface area contributed by atoms with Crippen molar-refractivity contribution in [3.05, 3.63) is 29.8 Å². The van der Waals surface area contributed by atoms with Gasteiger partial charge in [0.2, 0.25) is 5.88 Å². The van der Waals surface area contributed by atoms with Crippen molar-refractivity contribution in [2.45, 2.75) is 51.4 Å². The molecule has 2 aliphatic rings. The van der Waals surface area contributed by atoms with Crippen molar-refractivity contribution >= 4 is 5.82 Å². The van der Waals surface area contributed by atoms with Gasteiger partial charge in [0.1, 0.15) is 11.6 Å². The van der Waals surface area contributed by atoms with Gasteiger partial charge in [-0.05, 0) is 19.3 Å². The van der Waals surface area contributed by atoms with E-state index >= 15 is 0 Å². The van der Waals surface area contributed by atoms with Crippen LogP contribution in [-0.2, 0) is 12.5 Å². The lowest BCUT2D eigenvalue weighted by atomic mass is 9.95. The molecule has 1 saturated carbocycles. The van der Waals surface area contributed by atoms with Crippen LogP contribution in [0, 0.1) is 0 Å². The van der Waals surface area contributed by atoms with Gasteiger partial charge in [0.05, 0.1) is 6.61 Å². The van der Waals surface area contributed by atoms with Crippen LogP contribution in [0.15, 0.2) is 18.3 Å². The van der Waals surface area contributed by atoms with E-state index in [1.165, 1.54) is 18.5 Å². The highest BCUT2D eigenvalue weighted by Crippen LogP contribution is 2.40. The van der Waals surface area contributed by atoms with Gasteiger partial charge in [-0.1, -0.05) is 20.8 Å². The Balaban J connectivity index is 1.28. The highest BCUT2D eigenvalue weighted by Gasteiger charge is 2.29. The maximum atomic E-state index is 5.71. The van der Waals surface area contributed by atoms with Crippen LogP contribution >= 0.6 is 0 Å². The van der Waals surface area contributed by atoms with Crippen molar-refractivity contribution in [1.29, 1.82) is 0 Å². The second-order valence-electron chi connectivity index (χ2n) is 9.36. The average Bonchev–Trinajstić information content (AvgIpc) is 3.47. The van der Waals surface area contributed by atoms with E-state index in [0.29, 0.717) is 18.4 Å². The minimum Gasteiger partial charge on any atom is -0.477 e. The lowest BCUT2D eigenvalue weighted by molar-refractivity contribution is 0.221. The summed E-state index contributed by atoms with van der Waals surface area (Å²) in [5.41, 5.74) is 1.23. The van der Waals surface area contributed by atoms with Crippen LogP contribution in [-0.4, -0.2) is 64.0 Å². The van der Waals surface area contributed by atoms with Crippen molar-refractivity contribution in [2.24, 2.45) is 7.05 Å². The number of piperazine rings is 1. The number of ether oxygens (including phenoxy) is 1. The number of nitrogens with zero attached hydrogens (tertiary/aromatic N) is 6. The van der Waals surface area contributed by atoms with Gasteiger partial charge in [0.25, 0.3) is 0 Å². The average molecular weight is 399 g/mol. The van der Waals surface area contributed by atoms with E-state index in [1.54, 1.807) is 4.68 Å². The summed E-state index contributed by atoms with van der Waals surface area (Å²) in [6, 6.07) is 4.14. The van der Waals surface area contributed by atoms with Gasteiger partial charge in [-0.15, -0.1) is 5.10 Å². The van der Waals surface area contributed by atoms with E-state index in [2.05, 4.69) is 41.7 Å². The van der Waals surface area contributed by atoms with Gasteiger partial charge in [-0.2, -0.15) is 0 Å². The first kappa shape index (κ1) is 20.1. The monoisotopic (exact) mass is 398 g/mol. The van der Waals surface area contributed by atoms with Crippen molar-refractivity contribution < 1.29 is 4.74 Å². The molecule has 1 saturated heterocycles. The molecule has 0 bridgehead atoms. The fourth-order valence-corrected chi connectivity index (χ4v) is 3.67. The molecule has 29 heavy (non-hydrogen) atoms. The number of aryl methyl sites for hydroxylation is 1. The largest absolute Gasteiger partial charge is 0.477 e. The third kappa shape index (κ3) is 5.26. The Morgan fingerprint density at radius 2 is 1.86 bits per heavy atom. The van der Waals surface area contributed by atoms with Crippen molar-refractivity contribution in [1.82, 2.24) is 24.6 Å². The van der Waals surface area contributed by atoms with Crippen molar-refractivity contribution in [2.75, 3.05) is 44.2 Å². The summed E-state index contributed by atoms with van der Waals surface area (Å²) < 4.78 is 7.47. The fraction of sp³-hybridized carbons (Fsp3) is 0.682. The molecule has 0 spiro atoms. The standard InChI is InChI=1S/C22H34N6O/c1-22(2,3)21-23-18(17-6-7-17)16-19(24-21)28-13-11-27(12-14-28)9-5-15-29-20-8-10-26(4)25-20/h8,10,16-17H,5-7,9,11-15H2,1-4H3. The molecule has 1 aliphatic carbocycles. The number of rotatable bonds is 7. The van der Waals surface area contributed by atoms with E-state index in [1.807, 2.05) is 19.3 Å². The summed E-state index contributed by atoms with van der Waals surface area (Å²) in [5.74, 6) is 3.46. The second kappa shape index (κ2) is 8.30. The van der Waals surface area contributed by atoms with Gasteiger partial charge in [0, 0.05) is 75.1 Å². The summed E-state index contributed by atoms with van der Waals surface area (Å²) in [7, 11) is 1.90. The molecule has 1 aliphatic heterocycles. The summed E-state index contributed by atoms with van der Waals surface area (Å²) in [6.07, 6.45) is 5.47. The molecule has 0 N–H and O–H groups in total. The molecule has 2 aromatic rings. The Labute approximate surface area is 174 Å². The number of hydrogen-bond acceptors (Lipinski definition) is 6. The highest BCUT2D eigenvalue weighted by molar-refractivity contribution is 5.42. The van der Waals surface area contributed by atoms with Gasteiger partial charge in [-0.25, -0.2) is 9.97 Å². The lowest BCUT2D eigenvalue weighted by Crippen LogP contribution is -2.47. The van der Waals surface area contributed by atoms with Gasteiger partial charge in [0.15, 0.2) is 0 Å². The van der Waals surface area contributed by atoms with Crippen LogP contribution < -0.4 is 9.64 Å². The smallest absolute Gasteiger partial charge is 0.232 e. The Morgan fingerprint density at radius 3 is 2.48 bits per heavy atom.